The molecule has 1 aliphatic heterocycles. The van der Waals surface area contributed by atoms with Crippen molar-refractivity contribution in [1.82, 2.24) is 19.5 Å². The number of nitrogens with two attached hydrogens (primary N) is 1. The number of carbonyl (C=O) groups is 2. The van der Waals surface area contributed by atoms with Gasteiger partial charge in [-0.25, -0.2) is 9.78 Å². The Hall–Kier alpha value is -3.86. The molecule has 2 saturated carbocycles. The molecule has 2 amide bonds. The Morgan fingerprint density at radius 2 is 1.93 bits per heavy atom. The molecule has 3 fully saturated rings. The summed E-state index contributed by atoms with van der Waals surface area (Å²) in [7, 11) is 3.33. The topological polar surface area (TPSA) is 127 Å². The number of nitrogens with one attached hydrogen (secondary N) is 1. The van der Waals surface area contributed by atoms with Crippen LogP contribution in [0.15, 0.2) is 49.1 Å². The van der Waals surface area contributed by atoms with Crippen molar-refractivity contribution in [3.05, 3.63) is 54.7 Å². The van der Waals surface area contributed by atoms with E-state index in [4.69, 9.17) is 14.5 Å². The van der Waals surface area contributed by atoms with Gasteiger partial charge in [-0.2, -0.15) is 9.61 Å². The summed E-state index contributed by atoms with van der Waals surface area (Å²) in [6.45, 7) is 12.7. The average molecular weight is 568 g/mol. The fraction of sp³-hybridized carbons (Fsp3) is 0.533. The van der Waals surface area contributed by atoms with Crippen LogP contribution >= 0.6 is 0 Å². The predicted octanol–water partition coefficient (Wildman–Crippen LogP) is 5.03. The molecule has 0 radical (unpaired) electrons. The van der Waals surface area contributed by atoms with Crippen molar-refractivity contribution in [3.63, 3.8) is 0 Å². The summed E-state index contributed by atoms with van der Waals surface area (Å²) in [5, 5.41) is 7.80. The number of fused-ring (bicyclic) bond motifs is 2. The maximum Gasteiger partial charge on any atom is 0.415 e. The molecule has 41 heavy (non-hydrogen) atoms. The monoisotopic (exact) mass is 567 g/mol. The number of hydrogen-bond donors (Lipinski definition) is 2. The first-order chi connectivity index (χ1) is 19.5. The average Bonchev–Trinajstić information content (AvgIpc) is 3.25. The van der Waals surface area contributed by atoms with Gasteiger partial charge in [0.05, 0.1) is 6.20 Å². The Bertz CT molecular complexity index is 1250. The van der Waals surface area contributed by atoms with Crippen molar-refractivity contribution in [2.45, 2.75) is 64.9 Å². The van der Waals surface area contributed by atoms with E-state index in [9.17, 15) is 9.59 Å². The number of hydrogen-bond acceptors (Lipinski definition) is 8. The van der Waals surface area contributed by atoms with Crippen molar-refractivity contribution < 1.29 is 19.1 Å². The number of carbonyl (C=O) groups excluding carboxylic acids is 2. The van der Waals surface area contributed by atoms with Crippen LogP contribution in [0.5, 0.6) is 0 Å². The molecule has 224 valence electrons. The summed E-state index contributed by atoms with van der Waals surface area (Å²) in [6, 6.07) is 1.77. The Morgan fingerprint density at radius 3 is 2.41 bits per heavy atom. The SMILES string of the molecule is C/C(=C\C=C/N(C)C=O)Nc1cc(N(C)C(=O)OC(C)(C)C)n2ncc(C3CCC3)c2n1.C1OCC2CC12.C=CN. The zero-order valence-electron chi connectivity index (χ0n) is 25.2. The second-order valence-corrected chi connectivity index (χ2v) is 11.6. The van der Waals surface area contributed by atoms with E-state index in [0.717, 1.165) is 61.2 Å². The predicted molar refractivity (Wildman–Crippen MR) is 161 cm³/mol. The Morgan fingerprint density at radius 1 is 1.27 bits per heavy atom. The Labute approximate surface area is 243 Å². The molecule has 3 N–H and O–H groups in total. The summed E-state index contributed by atoms with van der Waals surface area (Å²) in [4.78, 5) is 31.1. The number of nitrogens with zero attached hydrogens (tertiary/aromatic N) is 5. The lowest BCUT2D eigenvalue weighted by atomic mass is 9.81. The van der Waals surface area contributed by atoms with Gasteiger partial charge in [0.15, 0.2) is 5.65 Å². The fourth-order valence-corrected chi connectivity index (χ4v) is 4.39. The van der Waals surface area contributed by atoms with E-state index in [2.05, 4.69) is 22.7 Å². The van der Waals surface area contributed by atoms with E-state index >= 15 is 0 Å². The molecule has 2 aromatic heterocycles. The lowest BCUT2D eigenvalue weighted by molar-refractivity contribution is -0.115. The maximum absolute atomic E-state index is 12.7. The van der Waals surface area contributed by atoms with E-state index in [1.807, 2.05) is 40.0 Å². The van der Waals surface area contributed by atoms with Crippen LogP contribution in [-0.4, -0.2) is 64.9 Å². The van der Waals surface area contributed by atoms with Crippen molar-refractivity contribution in [1.29, 1.82) is 0 Å². The van der Waals surface area contributed by atoms with Gasteiger partial charge < -0.3 is 25.4 Å². The van der Waals surface area contributed by atoms with E-state index in [0.29, 0.717) is 17.6 Å². The van der Waals surface area contributed by atoms with Crippen LogP contribution < -0.4 is 16.0 Å². The normalized spacial score (nSPS) is 19.6. The number of aromatic nitrogens is 3. The molecule has 5 rings (SSSR count). The van der Waals surface area contributed by atoms with Crippen LogP contribution in [-0.2, 0) is 14.3 Å². The van der Waals surface area contributed by atoms with E-state index in [1.165, 1.54) is 28.8 Å². The molecule has 1 saturated heterocycles. The highest BCUT2D eigenvalue weighted by Crippen LogP contribution is 2.43. The van der Waals surface area contributed by atoms with Gasteiger partial charge in [0.1, 0.15) is 17.2 Å². The van der Waals surface area contributed by atoms with Gasteiger partial charge in [0.2, 0.25) is 6.41 Å². The molecule has 0 aromatic carbocycles. The molecule has 2 aliphatic carbocycles. The van der Waals surface area contributed by atoms with E-state index in [-0.39, 0.29) is 0 Å². The van der Waals surface area contributed by atoms with Crippen LogP contribution in [0.4, 0.5) is 16.4 Å². The number of allylic oxidation sites excluding steroid dienone is 3. The van der Waals surface area contributed by atoms with Gasteiger partial charge in [-0.3, -0.25) is 9.69 Å². The van der Waals surface area contributed by atoms with E-state index in [1.54, 1.807) is 37.0 Å². The van der Waals surface area contributed by atoms with Gasteiger partial charge in [-0.15, -0.1) is 0 Å². The first-order valence-electron chi connectivity index (χ1n) is 14.0. The molecule has 11 nitrogen and oxygen atoms in total. The summed E-state index contributed by atoms with van der Waals surface area (Å²) < 4.78 is 12.3. The van der Waals surface area contributed by atoms with Crippen LogP contribution in [0.1, 0.15) is 64.9 Å². The maximum atomic E-state index is 12.7. The minimum Gasteiger partial charge on any atom is -0.443 e. The number of anilines is 2. The molecular weight excluding hydrogens is 522 g/mol. The fourth-order valence-electron chi connectivity index (χ4n) is 4.39. The third kappa shape index (κ3) is 9.07. The molecule has 0 bridgehead atoms. The lowest BCUT2D eigenvalue weighted by Gasteiger charge is -2.26. The zero-order chi connectivity index (χ0) is 30.2. The summed E-state index contributed by atoms with van der Waals surface area (Å²) >= 11 is 0. The molecule has 0 spiro atoms. The second-order valence-electron chi connectivity index (χ2n) is 11.6. The summed E-state index contributed by atoms with van der Waals surface area (Å²) in [5.74, 6) is 3.57. The van der Waals surface area contributed by atoms with Crippen LogP contribution in [0.25, 0.3) is 5.65 Å². The van der Waals surface area contributed by atoms with Crippen molar-refractivity contribution in [2.24, 2.45) is 17.6 Å². The smallest absolute Gasteiger partial charge is 0.415 e. The van der Waals surface area contributed by atoms with Gasteiger partial charge in [0, 0.05) is 50.8 Å². The van der Waals surface area contributed by atoms with E-state index < -0.39 is 11.7 Å². The standard InChI is InChI=1S/C23H32N6O3.C5H8O.C2H5N/c1-16(9-8-12-27(5)15-30)25-19-13-20(28(6)22(31)32-23(2,3)4)29-21(26-19)18(14-24-29)17-10-7-11-17;1-4-2-6-3-5(1)4;1-2-3/h8-9,12-15,17H,7,10-11H2,1-6H3,(H,25,26);4-5H,1-3H2;2H,1,3H2/b12-8-,16-9+;;. The minimum atomic E-state index is -0.611. The lowest BCUT2D eigenvalue weighted by Crippen LogP contribution is -2.35. The van der Waals surface area contributed by atoms with Crippen molar-refractivity contribution in [2.75, 3.05) is 37.5 Å². The first-order valence-corrected chi connectivity index (χ1v) is 14.0. The van der Waals surface area contributed by atoms with Gasteiger partial charge >= 0.3 is 6.09 Å². The van der Waals surface area contributed by atoms with Gasteiger partial charge in [0.25, 0.3) is 0 Å². The highest BCUT2D eigenvalue weighted by atomic mass is 16.6. The second kappa shape index (κ2) is 14.2. The van der Waals surface area contributed by atoms with Crippen LogP contribution in [0.3, 0.4) is 0 Å². The highest BCUT2D eigenvalue weighted by Gasteiger charge is 2.41. The van der Waals surface area contributed by atoms with Crippen molar-refractivity contribution in [3.8, 4) is 0 Å². The number of amides is 2. The Kier molecular flexibility index (Phi) is 10.9. The zero-order valence-corrected chi connectivity index (χ0v) is 25.2. The van der Waals surface area contributed by atoms with Crippen LogP contribution in [0.2, 0.25) is 0 Å². The Balaban J connectivity index is 0.000000433. The van der Waals surface area contributed by atoms with Crippen LogP contribution in [0, 0.1) is 11.8 Å². The minimum absolute atomic E-state index is 0.438. The quantitative estimate of drug-likeness (QED) is 0.352. The molecule has 2 atom stereocenters. The van der Waals surface area contributed by atoms with Crippen molar-refractivity contribution >= 4 is 29.8 Å². The molecular formula is C30H45N7O4. The molecule has 2 unspecified atom stereocenters. The van der Waals surface area contributed by atoms with Gasteiger partial charge in [-0.1, -0.05) is 13.0 Å². The summed E-state index contributed by atoms with van der Waals surface area (Å²) in [5.41, 5.74) is 6.65. The number of ether oxygens (including phenoxy) is 2. The third-order valence-corrected chi connectivity index (χ3v) is 6.93. The first kappa shape index (κ1) is 31.7. The molecule has 3 heterocycles. The molecule has 2 aromatic rings. The summed E-state index contributed by atoms with van der Waals surface area (Å²) in [6.07, 6.45) is 13.5. The number of rotatable bonds is 7. The largest absolute Gasteiger partial charge is 0.443 e. The highest BCUT2D eigenvalue weighted by molar-refractivity contribution is 5.87. The molecule has 11 heteroatoms. The third-order valence-electron chi connectivity index (χ3n) is 6.93. The molecule has 3 aliphatic rings. The van der Waals surface area contributed by atoms with Gasteiger partial charge in [-0.05, 0) is 83.1 Å².